The van der Waals surface area contributed by atoms with Crippen molar-refractivity contribution in [3.8, 4) is 0 Å². The molecule has 0 aliphatic rings. The zero-order chi connectivity index (χ0) is 20.1. The number of benzene rings is 1. The van der Waals surface area contributed by atoms with E-state index in [0.717, 1.165) is 5.56 Å². The van der Waals surface area contributed by atoms with Crippen LogP contribution in [0.4, 0.5) is 0 Å². The van der Waals surface area contributed by atoms with Crippen molar-refractivity contribution in [2.75, 3.05) is 6.61 Å². The fraction of sp³-hybridized carbons (Fsp3) is 0.190. The molecule has 1 aromatic carbocycles. The number of rotatable bonds is 7. The van der Waals surface area contributed by atoms with E-state index < -0.39 is 29.4 Å². The second-order valence-electron chi connectivity index (χ2n) is 6.12. The predicted octanol–water partition coefficient (Wildman–Crippen LogP) is 2.15. The van der Waals surface area contributed by atoms with Gasteiger partial charge in [-0.05, 0) is 36.8 Å². The molecule has 0 atom stereocenters. The van der Waals surface area contributed by atoms with Crippen LogP contribution in [0.2, 0.25) is 0 Å². The Hall–Kier alpha value is -3.61. The molecule has 0 saturated heterocycles. The number of hydrogen-bond acceptors (Lipinski definition) is 6. The van der Waals surface area contributed by atoms with E-state index in [1.807, 2.05) is 12.1 Å². The summed E-state index contributed by atoms with van der Waals surface area (Å²) in [7, 11) is 0. The number of aromatic nitrogens is 2. The lowest BCUT2D eigenvalue weighted by atomic mass is 10.0. The summed E-state index contributed by atoms with van der Waals surface area (Å²) in [5.41, 5.74) is 0.996. The second-order valence-corrected chi connectivity index (χ2v) is 6.12. The Morgan fingerprint density at radius 2 is 1.79 bits per heavy atom. The van der Waals surface area contributed by atoms with Crippen LogP contribution in [0.3, 0.4) is 0 Å². The molecule has 0 unspecified atom stereocenters. The van der Waals surface area contributed by atoms with E-state index in [9.17, 15) is 19.2 Å². The van der Waals surface area contributed by atoms with Crippen LogP contribution in [-0.4, -0.2) is 33.7 Å². The van der Waals surface area contributed by atoms with E-state index in [0.29, 0.717) is 17.4 Å². The normalized spacial score (nSPS) is 10.6. The van der Waals surface area contributed by atoms with Gasteiger partial charge in [0.1, 0.15) is 0 Å². The topological polar surface area (TPSA) is 95.3 Å². The zero-order valence-corrected chi connectivity index (χ0v) is 15.3. The van der Waals surface area contributed by atoms with Crippen LogP contribution in [-0.2, 0) is 20.9 Å². The molecule has 0 spiro atoms. The standard InChI is InChI=1S/C21H18N2O5/c1-2-28-21(27)19(25)11-18(24)16-13-23(12-14-7-9-22-10-8-14)17-6-4-3-5-15(17)20(16)26/h3-10,13H,2,11-12H2,1H3. The average Bonchev–Trinajstić information content (AvgIpc) is 2.71. The van der Waals surface area contributed by atoms with E-state index >= 15 is 0 Å². The van der Waals surface area contributed by atoms with Gasteiger partial charge in [0.05, 0.1) is 24.1 Å². The summed E-state index contributed by atoms with van der Waals surface area (Å²) in [4.78, 5) is 52.7. The Kier molecular flexibility index (Phi) is 5.74. The van der Waals surface area contributed by atoms with Crippen LogP contribution in [0.1, 0.15) is 29.3 Å². The maximum Gasteiger partial charge on any atom is 0.375 e. The zero-order valence-electron chi connectivity index (χ0n) is 15.3. The molecule has 7 nitrogen and oxygen atoms in total. The number of hydrogen-bond donors (Lipinski definition) is 0. The van der Waals surface area contributed by atoms with Crippen molar-refractivity contribution in [2.45, 2.75) is 19.9 Å². The molecule has 0 aliphatic carbocycles. The van der Waals surface area contributed by atoms with Crippen LogP contribution >= 0.6 is 0 Å². The van der Waals surface area contributed by atoms with Crippen molar-refractivity contribution >= 4 is 28.4 Å². The molecule has 28 heavy (non-hydrogen) atoms. The van der Waals surface area contributed by atoms with Gasteiger partial charge < -0.3 is 9.30 Å². The third-order valence-corrected chi connectivity index (χ3v) is 4.21. The molecule has 0 fully saturated rings. The van der Waals surface area contributed by atoms with Gasteiger partial charge in [0, 0.05) is 30.5 Å². The molecule has 142 valence electrons. The lowest BCUT2D eigenvalue weighted by Crippen LogP contribution is -2.25. The fourth-order valence-electron chi connectivity index (χ4n) is 2.88. The van der Waals surface area contributed by atoms with Crippen LogP contribution in [0.15, 0.2) is 59.8 Å². The number of nitrogens with zero attached hydrogens (tertiary/aromatic N) is 2. The molecule has 0 aliphatic heterocycles. The third kappa shape index (κ3) is 4.03. The first-order chi connectivity index (χ1) is 13.5. The van der Waals surface area contributed by atoms with E-state index in [-0.39, 0.29) is 12.2 Å². The molecule has 0 radical (unpaired) electrons. The first-order valence-corrected chi connectivity index (χ1v) is 8.75. The number of Topliss-reactive ketones (excluding diaryl/α,β-unsaturated/α-hetero) is 2. The first kappa shape index (κ1) is 19.2. The molecular weight excluding hydrogens is 360 g/mol. The van der Waals surface area contributed by atoms with Crippen molar-refractivity contribution in [1.82, 2.24) is 9.55 Å². The van der Waals surface area contributed by atoms with Gasteiger partial charge >= 0.3 is 5.97 Å². The molecule has 2 heterocycles. The Labute approximate surface area is 160 Å². The SMILES string of the molecule is CCOC(=O)C(=O)CC(=O)c1cn(Cc2ccncc2)c2ccccc2c1=O. The molecule has 0 bridgehead atoms. The number of ketones is 2. The highest BCUT2D eigenvalue weighted by Gasteiger charge is 2.23. The number of para-hydroxylation sites is 1. The van der Waals surface area contributed by atoms with E-state index in [4.69, 9.17) is 0 Å². The summed E-state index contributed by atoms with van der Waals surface area (Å²) in [6, 6.07) is 10.6. The molecular formula is C21H18N2O5. The molecule has 2 aromatic heterocycles. The van der Waals surface area contributed by atoms with Crippen molar-refractivity contribution in [3.05, 3.63) is 76.3 Å². The van der Waals surface area contributed by atoms with Crippen LogP contribution in [0.25, 0.3) is 10.9 Å². The van der Waals surface area contributed by atoms with Gasteiger partial charge in [-0.3, -0.25) is 19.4 Å². The maximum atomic E-state index is 12.8. The first-order valence-electron chi connectivity index (χ1n) is 8.75. The lowest BCUT2D eigenvalue weighted by molar-refractivity contribution is -0.153. The van der Waals surface area contributed by atoms with Gasteiger partial charge in [-0.2, -0.15) is 0 Å². The fourth-order valence-corrected chi connectivity index (χ4v) is 2.88. The van der Waals surface area contributed by atoms with Crippen molar-refractivity contribution in [3.63, 3.8) is 0 Å². The van der Waals surface area contributed by atoms with E-state index in [1.54, 1.807) is 48.1 Å². The number of pyridine rings is 2. The largest absolute Gasteiger partial charge is 0.460 e. The molecule has 7 heteroatoms. The number of carbonyl (C=O) groups is 3. The van der Waals surface area contributed by atoms with Gasteiger partial charge in [0.15, 0.2) is 11.2 Å². The minimum absolute atomic E-state index is 0.0352. The van der Waals surface area contributed by atoms with Crippen molar-refractivity contribution in [1.29, 1.82) is 0 Å². The van der Waals surface area contributed by atoms with E-state index in [2.05, 4.69) is 9.72 Å². The highest BCUT2D eigenvalue weighted by atomic mass is 16.5. The number of esters is 1. The van der Waals surface area contributed by atoms with Gasteiger partial charge in [0.2, 0.25) is 5.78 Å². The predicted molar refractivity (Wildman–Crippen MR) is 102 cm³/mol. The third-order valence-electron chi connectivity index (χ3n) is 4.21. The Morgan fingerprint density at radius 3 is 2.50 bits per heavy atom. The number of carbonyl (C=O) groups excluding carboxylic acids is 3. The highest BCUT2D eigenvalue weighted by molar-refractivity contribution is 6.38. The lowest BCUT2D eigenvalue weighted by Gasteiger charge is -2.13. The summed E-state index contributed by atoms with van der Waals surface area (Å²) < 4.78 is 6.39. The Bertz CT molecular complexity index is 1100. The minimum Gasteiger partial charge on any atom is -0.460 e. The number of fused-ring (bicyclic) bond motifs is 1. The van der Waals surface area contributed by atoms with E-state index in [1.165, 1.54) is 6.20 Å². The smallest absolute Gasteiger partial charge is 0.375 e. The monoisotopic (exact) mass is 378 g/mol. The summed E-state index contributed by atoms with van der Waals surface area (Å²) >= 11 is 0. The van der Waals surface area contributed by atoms with Gasteiger partial charge in [-0.25, -0.2) is 4.79 Å². The van der Waals surface area contributed by atoms with Gasteiger partial charge in [0.25, 0.3) is 0 Å². The number of ether oxygens (including phenoxy) is 1. The van der Waals surface area contributed by atoms with Crippen molar-refractivity contribution < 1.29 is 19.1 Å². The summed E-state index contributed by atoms with van der Waals surface area (Å²) in [5.74, 6) is -2.76. The van der Waals surface area contributed by atoms with Crippen LogP contribution in [0, 0.1) is 0 Å². The van der Waals surface area contributed by atoms with Crippen molar-refractivity contribution in [2.24, 2.45) is 0 Å². The highest BCUT2D eigenvalue weighted by Crippen LogP contribution is 2.15. The molecule has 3 aromatic rings. The van der Waals surface area contributed by atoms with Crippen LogP contribution < -0.4 is 5.43 Å². The molecule has 0 N–H and O–H groups in total. The Balaban J connectivity index is 2.02. The van der Waals surface area contributed by atoms with Crippen LogP contribution in [0.5, 0.6) is 0 Å². The second kappa shape index (κ2) is 8.39. The van der Waals surface area contributed by atoms with Gasteiger partial charge in [-0.1, -0.05) is 12.1 Å². The average molecular weight is 378 g/mol. The minimum atomic E-state index is -1.08. The summed E-state index contributed by atoms with van der Waals surface area (Å²) in [5, 5.41) is 0.367. The summed E-state index contributed by atoms with van der Waals surface area (Å²) in [6.45, 7) is 2.01. The quantitative estimate of drug-likeness (QED) is 0.271. The molecule has 3 rings (SSSR count). The maximum absolute atomic E-state index is 12.8. The van der Waals surface area contributed by atoms with Gasteiger partial charge in [-0.15, -0.1) is 0 Å². The summed E-state index contributed by atoms with van der Waals surface area (Å²) in [6.07, 6.45) is 4.04. The Morgan fingerprint density at radius 1 is 1.07 bits per heavy atom. The molecule has 0 saturated carbocycles. The molecule has 0 amide bonds.